The van der Waals surface area contributed by atoms with Crippen LogP contribution in [-0.4, -0.2) is 35.8 Å². The van der Waals surface area contributed by atoms with Crippen molar-refractivity contribution < 1.29 is 9.59 Å². The molecule has 2 atom stereocenters. The Kier molecular flexibility index (Phi) is 3.68. The molecule has 4 N–H and O–H groups in total. The summed E-state index contributed by atoms with van der Waals surface area (Å²) >= 11 is 0. The van der Waals surface area contributed by atoms with Crippen molar-refractivity contribution in [2.24, 2.45) is 23.3 Å². The summed E-state index contributed by atoms with van der Waals surface area (Å²) in [6.45, 7) is 4.55. The van der Waals surface area contributed by atoms with E-state index in [1.54, 1.807) is 0 Å². The molecule has 1 fully saturated rings. The Hall–Kier alpha value is -1.10. The number of nitrogens with two attached hydrogens (primary N) is 2. The lowest BCUT2D eigenvalue weighted by molar-refractivity contribution is -0.136. The van der Waals surface area contributed by atoms with Gasteiger partial charge in [0, 0.05) is 12.6 Å². The zero-order valence-corrected chi connectivity index (χ0v) is 9.27. The Labute approximate surface area is 89.8 Å². The zero-order chi connectivity index (χ0) is 11.6. The van der Waals surface area contributed by atoms with Crippen molar-refractivity contribution in [3.05, 3.63) is 0 Å². The molecule has 0 saturated heterocycles. The molecule has 1 aliphatic rings. The molecule has 0 aromatic rings. The van der Waals surface area contributed by atoms with Gasteiger partial charge in [-0.2, -0.15) is 0 Å². The maximum atomic E-state index is 11.8. The first kappa shape index (κ1) is 12.0. The van der Waals surface area contributed by atoms with Crippen molar-refractivity contribution in [1.29, 1.82) is 0 Å². The third-order valence-electron chi connectivity index (χ3n) is 2.40. The lowest BCUT2D eigenvalue weighted by Crippen LogP contribution is -2.42. The molecule has 0 aliphatic heterocycles. The fourth-order valence-corrected chi connectivity index (χ4v) is 1.59. The van der Waals surface area contributed by atoms with Crippen LogP contribution < -0.4 is 11.5 Å². The minimum atomic E-state index is -0.474. The van der Waals surface area contributed by atoms with Crippen LogP contribution in [0.2, 0.25) is 0 Å². The van der Waals surface area contributed by atoms with Crippen molar-refractivity contribution in [3.63, 3.8) is 0 Å². The van der Waals surface area contributed by atoms with Crippen LogP contribution in [0, 0.1) is 11.8 Å². The number of carbonyl (C=O) groups is 2. The number of amides is 2. The van der Waals surface area contributed by atoms with Gasteiger partial charge in [0.1, 0.15) is 0 Å². The smallest absolute Gasteiger partial charge is 0.237 e. The summed E-state index contributed by atoms with van der Waals surface area (Å²) in [6.07, 6.45) is 0.728. The van der Waals surface area contributed by atoms with Gasteiger partial charge in [0.2, 0.25) is 11.8 Å². The normalized spacial score (nSPS) is 24.0. The van der Waals surface area contributed by atoms with Crippen LogP contribution in [0.3, 0.4) is 0 Å². The van der Waals surface area contributed by atoms with E-state index in [2.05, 4.69) is 0 Å². The molecular weight excluding hydrogens is 194 g/mol. The van der Waals surface area contributed by atoms with Gasteiger partial charge >= 0.3 is 0 Å². The fraction of sp³-hybridized carbons (Fsp3) is 0.800. The van der Waals surface area contributed by atoms with E-state index in [1.165, 1.54) is 4.90 Å². The number of rotatable bonds is 5. The predicted octanol–water partition coefficient (Wildman–Crippen LogP) is -0.696. The third kappa shape index (κ3) is 3.51. The van der Waals surface area contributed by atoms with Gasteiger partial charge in [-0.25, -0.2) is 0 Å². The van der Waals surface area contributed by atoms with Crippen molar-refractivity contribution in [2.75, 3.05) is 13.1 Å². The number of hydrogen-bond donors (Lipinski definition) is 2. The summed E-state index contributed by atoms with van der Waals surface area (Å²) in [5.41, 5.74) is 10.7. The highest BCUT2D eigenvalue weighted by atomic mass is 16.2. The summed E-state index contributed by atoms with van der Waals surface area (Å²) in [4.78, 5) is 24.2. The minimum absolute atomic E-state index is 0.000231. The lowest BCUT2D eigenvalue weighted by Gasteiger charge is -2.23. The Bertz CT molecular complexity index is 265. The number of primary amides is 1. The van der Waals surface area contributed by atoms with Gasteiger partial charge in [-0.1, -0.05) is 13.8 Å². The Balaban J connectivity index is 2.54. The second-order valence-electron chi connectivity index (χ2n) is 4.58. The van der Waals surface area contributed by atoms with Crippen molar-refractivity contribution >= 4 is 11.8 Å². The van der Waals surface area contributed by atoms with Crippen molar-refractivity contribution in [1.82, 2.24) is 4.90 Å². The molecule has 0 heterocycles. The second kappa shape index (κ2) is 4.61. The van der Waals surface area contributed by atoms with E-state index in [4.69, 9.17) is 11.5 Å². The first-order valence-corrected chi connectivity index (χ1v) is 5.24. The highest BCUT2D eigenvalue weighted by molar-refractivity contribution is 5.87. The second-order valence-corrected chi connectivity index (χ2v) is 4.58. The van der Waals surface area contributed by atoms with E-state index in [-0.39, 0.29) is 24.4 Å². The quantitative estimate of drug-likeness (QED) is 0.633. The van der Waals surface area contributed by atoms with Gasteiger partial charge in [-0.15, -0.1) is 0 Å². The molecule has 0 spiro atoms. The van der Waals surface area contributed by atoms with E-state index in [0.717, 1.165) is 6.42 Å². The molecule has 2 unspecified atom stereocenters. The maximum absolute atomic E-state index is 11.8. The van der Waals surface area contributed by atoms with Crippen LogP contribution >= 0.6 is 0 Å². The van der Waals surface area contributed by atoms with E-state index < -0.39 is 5.91 Å². The molecule has 1 saturated carbocycles. The summed E-state index contributed by atoms with van der Waals surface area (Å²) in [5.74, 6) is -0.278. The highest BCUT2D eigenvalue weighted by Crippen LogP contribution is 2.30. The van der Waals surface area contributed by atoms with Gasteiger partial charge in [0.25, 0.3) is 0 Å². The van der Waals surface area contributed by atoms with Gasteiger partial charge < -0.3 is 16.4 Å². The molecule has 86 valence electrons. The lowest BCUT2D eigenvalue weighted by atomic mass is 10.2. The minimum Gasteiger partial charge on any atom is -0.368 e. The summed E-state index contributed by atoms with van der Waals surface area (Å²) in [7, 11) is 0. The van der Waals surface area contributed by atoms with Crippen LogP contribution in [0.4, 0.5) is 0 Å². The molecule has 5 heteroatoms. The highest BCUT2D eigenvalue weighted by Gasteiger charge is 2.42. The molecule has 0 aromatic carbocycles. The monoisotopic (exact) mass is 213 g/mol. The molecular formula is C10H19N3O2. The zero-order valence-electron chi connectivity index (χ0n) is 9.27. The standard InChI is InChI=1S/C10H19N3O2/c1-6(2)4-13(5-9(12)14)10(15)7-3-8(7)11/h6-8H,3-5,11H2,1-2H3,(H2,12,14). The molecule has 0 aromatic heterocycles. The maximum Gasteiger partial charge on any atom is 0.237 e. The Morgan fingerprint density at radius 2 is 2.00 bits per heavy atom. The van der Waals surface area contributed by atoms with Gasteiger partial charge in [0.15, 0.2) is 0 Å². The summed E-state index contributed by atoms with van der Waals surface area (Å²) in [5, 5.41) is 0. The summed E-state index contributed by atoms with van der Waals surface area (Å²) in [6, 6.07) is -0.0277. The predicted molar refractivity (Wildman–Crippen MR) is 56.7 cm³/mol. The largest absolute Gasteiger partial charge is 0.368 e. The molecule has 0 radical (unpaired) electrons. The van der Waals surface area contributed by atoms with Gasteiger partial charge in [0.05, 0.1) is 12.5 Å². The van der Waals surface area contributed by atoms with Crippen molar-refractivity contribution in [3.8, 4) is 0 Å². The Morgan fingerprint density at radius 1 is 1.47 bits per heavy atom. The van der Waals surface area contributed by atoms with E-state index in [0.29, 0.717) is 12.5 Å². The van der Waals surface area contributed by atoms with E-state index >= 15 is 0 Å². The number of nitrogens with zero attached hydrogens (tertiary/aromatic N) is 1. The number of hydrogen-bond acceptors (Lipinski definition) is 3. The number of carbonyl (C=O) groups excluding carboxylic acids is 2. The van der Waals surface area contributed by atoms with Crippen LogP contribution in [0.5, 0.6) is 0 Å². The van der Waals surface area contributed by atoms with Gasteiger partial charge in [-0.05, 0) is 12.3 Å². The SMILES string of the molecule is CC(C)CN(CC(N)=O)C(=O)C1CC1N. The molecule has 1 rings (SSSR count). The average Bonchev–Trinajstić information content (AvgIpc) is 2.78. The first-order valence-electron chi connectivity index (χ1n) is 5.24. The van der Waals surface area contributed by atoms with Crippen LogP contribution in [0.1, 0.15) is 20.3 Å². The molecule has 5 nitrogen and oxygen atoms in total. The van der Waals surface area contributed by atoms with Crippen molar-refractivity contribution in [2.45, 2.75) is 26.3 Å². The molecule has 0 bridgehead atoms. The fourth-order valence-electron chi connectivity index (χ4n) is 1.59. The molecule has 2 amide bonds. The van der Waals surface area contributed by atoms with Crippen LogP contribution in [0.15, 0.2) is 0 Å². The molecule has 15 heavy (non-hydrogen) atoms. The Morgan fingerprint density at radius 3 is 2.33 bits per heavy atom. The first-order chi connectivity index (χ1) is 6.91. The summed E-state index contributed by atoms with van der Waals surface area (Å²) < 4.78 is 0. The third-order valence-corrected chi connectivity index (χ3v) is 2.40. The van der Waals surface area contributed by atoms with E-state index in [1.807, 2.05) is 13.8 Å². The van der Waals surface area contributed by atoms with Gasteiger partial charge in [-0.3, -0.25) is 9.59 Å². The molecule has 1 aliphatic carbocycles. The van der Waals surface area contributed by atoms with Crippen LogP contribution in [-0.2, 0) is 9.59 Å². The van der Waals surface area contributed by atoms with Crippen LogP contribution in [0.25, 0.3) is 0 Å². The van der Waals surface area contributed by atoms with E-state index in [9.17, 15) is 9.59 Å². The average molecular weight is 213 g/mol. The topological polar surface area (TPSA) is 89.4 Å².